The zero-order valence-corrected chi connectivity index (χ0v) is 16.0. The summed E-state index contributed by atoms with van der Waals surface area (Å²) in [6.07, 6.45) is 0. The molecule has 1 aliphatic rings. The maximum Gasteiger partial charge on any atom is 0.159 e. The highest BCUT2D eigenvalue weighted by Crippen LogP contribution is 2.29. The van der Waals surface area contributed by atoms with E-state index in [9.17, 15) is 4.39 Å². The van der Waals surface area contributed by atoms with Crippen LogP contribution in [0.4, 0.5) is 4.39 Å². The average Bonchev–Trinajstić information content (AvgIpc) is 2.91. The zero-order valence-electron chi connectivity index (χ0n) is 14.4. The highest BCUT2D eigenvalue weighted by Gasteiger charge is 2.24. The molecule has 4 rings (SSSR count). The van der Waals surface area contributed by atoms with Gasteiger partial charge in [-0.25, -0.2) is 4.39 Å². The Morgan fingerprint density at radius 2 is 1.92 bits per heavy atom. The lowest BCUT2D eigenvalue weighted by molar-refractivity contribution is 0.387. The zero-order chi connectivity index (χ0) is 18.3. The predicted octanol–water partition coefficient (Wildman–Crippen LogP) is 3.58. The Kier molecular flexibility index (Phi) is 4.42. The number of aromatic nitrogens is 3. The van der Waals surface area contributed by atoms with E-state index in [0.717, 1.165) is 27.4 Å². The molecule has 1 aromatic heterocycles. The van der Waals surface area contributed by atoms with Gasteiger partial charge in [0, 0.05) is 15.6 Å². The van der Waals surface area contributed by atoms with Crippen LogP contribution >= 0.6 is 15.9 Å². The lowest BCUT2D eigenvalue weighted by Gasteiger charge is -2.16. The lowest BCUT2D eigenvalue weighted by atomic mass is 10.00. The van der Waals surface area contributed by atoms with Crippen molar-refractivity contribution in [3.05, 3.63) is 75.5 Å². The fraction of sp³-hybridized carbons (Fsp3) is 0.211. The number of nitrogens with zero attached hydrogens (tertiary/aromatic N) is 5. The van der Waals surface area contributed by atoms with Gasteiger partial charge in [0.2, 0.25) is 0 Å². The van der Waals surface area contributed by atoms with Gasteiger partial charge in [0.05, 0.1) is 17.9 Å². The van der Waals surface area contributed by atoms with Gasteiger partial charge in [-0.1, -0.05) is 28.1 Å². The molecular formula is C19H17BrFN5. The van der Waals surface area contributed by atoms with Crippen molar-refractivity contribution in [2.45, 2.75) is 13.1 Å². The van der Waals surface area contributed by atoms with Crippen molar-refractivity contribution < 1.29 is 4.39 Å². The van der Waals surface area contributed by atoms with Crippen LogP contribution in [0.15, 0.2) is 51.9 Å². The van der Waals surface area contributed by atoms with Gasteiger partial charge in [0.15, 0.2) is 11.6 Å². The Hall–Kier alpha value is -2.38. The van der Waals surface area contributed by atoms with E-state index in [0.29, 0.717) is 24.4 Å². The molecule has 5 nitrogen and oxygen atoms in total. The average molecular weight is 414 g/mol. The molecule has 1 aliphatic heterocycles. The Morgan fingerprint density at radius 3 is 2.69 bits per heavy atom. The molecule has 0 bridgehead atoms. The molecule has 3 aromatic rings. The van der Waals surface area contributed by atoms with Gasteiger partial charge in [-0.2, -0.15) is 0 Å². The quantitative estimate of drug-likeness (QED) is 0.658. The van der Waals surface area contributed by atoms with E-state index in [4.69, 9.17) is 0 Å². The standard InChI is InChI=1S/C19H17BrFN5/c1-25(2)11-18-24-23-17-10-22-19(13-5-3-4-6-15(13)21)14-9-12(20)7-8-16(14)26(17)18/h3-9H,10-11H2,1-2H3. The topological polar surface area (TPSA) is 46.3 Å². The number of hydrogen-bond acceptors (Lipinski definition) is 4. The van der Waals surface area contributed by atoms with E-state index >= 15 is 0 Å². The van der Waals surface area contributed by atoms with Gasteiger partial charge in [-0.3, -0.25) is 9.56 Å². The molecule has 26 heavy (non-hydrogen) atoms. The summed E-state index contributed by atoms with van der Waals surface area (Å²) in [6, 6.07) is 12.6. The summed E-state index contributed by atoms with van der Waals surface area (Å²) in [5, 5.41) is 8.65. The Labute approximate surface area is 159 Å². The van der Waals surface area contributed by atoms with Crippen molar-refractivity contribution in [2.75, 3.05) is 14.1 Å². The summed E-state index contributed by atoms with van der Waals surface area (Å²) in [7, 11) is 3.98. The summed E-state index contributed by atoms with van der Waals surface area (Å²) >= 11 is 3.53. The monoisotopic (exact) mass is 413 g/mol. The normalized spacial score (nSPS) is 13.2. The molecule has 0 radical (unpaired) electrons. The predicted molar refractivity (Wildman–Crippen MR) is 102 cm³/mol. The number of benzene rings is 2. The van der Waals surface area contributed by atoms with Gasteiger partial charge in [0.1, 0.15) is 12.4 Å². The number of rotatable bonds is 3. The maximum atomic E-state index is 14.5. The van der Waals surface area contributed by atoms with E-state index in [-0.39, 0.29) is 5.82 Å². The van der Waals surface area contributed by atoms with E-state index < -0.39 is 0 Å². The third-order valence-electron chi connectivity index (χ3n) is 4.22. The van der Waals surface area contributed by atoms with E-state index in [1.54, 1.807) is 12.1 Å². The van der Waals surface area contributed by atoms with Gasteiger partial charge >= 0.3 is 0 Å². The van der Waals surface area contributed by atoms with Crippen molar-refractivity contribution in [1.29, 1.82) is 0 Å². The Balaban J connectivity index is 1.95. The second kappa shape index (κ2) is 6.74. The largest absolute Gasteiger partial charge is 0.302 e. The smallest absolute Gasteiger partial charge is 0.159 e. The highest BCUT2D eigenvalue weighted by molar-refractivity contribution is 9.10. The van der Waals surface area contributed by atoms with Crippen LogP contribution in [-0.2, 0) is 13.1 Å². The molecule has 0 unspecified atom stereocenters. The molecule has 132 valence electrons. The summed E-state index contributed by atoms with van der Waals surface area (Å²) in [5.74, 6) is 1.29. The van der Waals surface area contributed by atoms with E-state index in [2.05, 4.69) is 31.1 Å². The van der Waals surface area contributed by atoms with Crippen molar-refractivity contribution in [3.8, 4) is 5.69 Å². The van der Waals surface area contributed by atoms with Gasteiger partial charge in [0.25, 0.3) is 0 Å². The molecule has 7 heteroatoms. The maximum absolute atomic E-state index is 14.5. The summed E-state index contributed by atoms with van der Waals surface area (Å²) < 4.78 is 17.4. The fourth-order valence-corrected chi connectivity index (χ4v) is 3.49. The van der Waals surface area contributed by atoms with Crippen LogP contribution in [0.1, 0.15) is 22.8 Å². The third kappa shape index (κ3) is 2.97. The lowest BCUT2D eigenvalue weighted by Crippen LogP contribution is -2.16. The van der Waals surface area contributed by atoms with E-state index in [1.165, 1.54) is 6.07 Å². The van der Waals surface area contributed by atoms with Crippen LogP contribution < -0.4 is 0 Å². The van der Waals surface area contributed by atoms with Crippen LogP contribution in [0.2, 0.25) is 0 Å². The molecule has 2 aromatic carbocycles. The van der Waals surface area contributed by atoms with Gasteiger partial charge in [-0.15, -0.1) is 10.2 Å². The van der Waals surface area contributed by atoms with Crippen LogP contribution in [0.5, 0.6) is 0 Å². The minimum atomic E-state index is -0.289. The SMILES string of the molecule is CN(C)Cc1nnc2n1-c1ccc(Br)cc1C(c1ccccc1F)=NC2. The minimum absolute atomic E-state index is 0.289. The fourth-order valence-electron chi connectivity index (χ4n) is 3.13. The summed E-state index contributed by atoms with van der Waals surface area (Å²) in [5.41, 5.74) is 2.87. The van der Waals surface area contributed by atoms with Gasteiger partial charge in [-0.05, 0) is 44.4 Å². The second-order valence-electron chi connectivity index (χ2n) is 6.41. The first-order valence-electron chi connectivity index (χ1n) is 8.22. The number of halogens is 2. The van der Waals surface area contributed by atoms with Crippen LogP contribution in [0.25, 0.3) is 5.69 Å². The molecule has 0 saturated carbocycles. The minimum Gasteiger partial charge on any atom is -0.302 e. The summed E-state index contributed by atoms with van der Waals surface area (Å²) in [4.78, 5) is 6.73. The van der Waals surface area contributed by atoms with Crippen molar-refractivity contribution >= 4 is 21.6 Å². The highest BCUT2D eigenvalue weighted by atomic mass is 79.9. The van der Waals surface area contributed by atoms with Crippen molar-refractivity contribution in [2.24, 2.45) is 4.99 Å². The van der Waals surface area contributed by atoms with Crippen molar-refractivity contribution in [1.82, 2.24) is 19.7 Å². The van der Waals surface area contributed by atoms with Gasteiger partial charge < -0.3 is 4.90 Å². The molecule has 0 amide bonds. The number of fused-ring (bicyclic) bond motifs is 3. The third-order valence-corrected chi connectivity index (χ3v) is 4.71. The molecule has 0 N–H and O–H groups in total. The Bertz CT molecular complexity index is 1010. The van der Waals surface area contributed by atoms with Crippen LogP contribution in [-0.4, -0.2) is 39.5 Å². The first kappa shape index (κ1) is 17.1. The first-order valence-corrected chi connectivity index (χ1v) is 9.01. The Morgan fingerprint density at radius 1 is 1.12 bits per heavy atom. The number of aliphatic imine (C=N–C) groups is 1. The first-order chi connectivity index (χ1) is 12.5. The summed E-state index contributed by atoms with van der Waals surface area (Å²) in [6.45, 7) is 0.994. The molecular weight excluding hydrogens is 397 g/mol. The molecule has 0 atom stereocenters. The molecule has 2 heterocycles. The van der Waals surface area contributed by atoms with E-state index in [1.807, 2.05) is 47.8 Å². The second-order valence-corrected chi connectivity index (χ2v) is 7.33. The van der Waals surface area contributed by atoms with Crippen LogP contribution in [0, 0.1) is 5.82 Å². The van der Waals surface area contributed by atoms with Crippen molar-refractivity contribution in [3.63, 3.8) is 0 Å². The molecule has 0 fully saturated rings. The molecule has 0 saturated heterocycles. The molecule has 0 spiro atoms. The molecule has 0 aliphatic carbocycles. The number of hydrogen-bond donors (Lipinski definition) is 0. The van der Waals surface area contributed by atoms with Crippen LogP contribution in [0.3, 0.4) is 0 Å².